The van der Waals surface area contributed by atoms with Crippen LogP contribution in [-0.4, -0.2) is 23.3 Å². The van der Waals surface area contributed by atoms with Crippen LogP contribution in [0.15, 0.2) is 79.0 Å². The molecule has 30 heavy (non-hydrogen) atoms. The summed E-state index contributed by atoms with van der Waals surface area (Å²) in [5, 5.41) is 6.98. The van der Waals surface area contributed by atoms with Gasteiger partial charge in [0, 0.05) is 40.5 Å². The molecule has 2 amide bonds. The molecule has 5 heteroatoms. The summed E-state index contributed by atoms with van der Waals surface area (Å²) in [6.07, 6.45) is 2.73. The number of amides is 2. The van der Waals surface area contributed by atoms with E-state index in [1.54, 1.807) is 24.3 Å². The van der Waals surface area contributed by atoms with Crippen LogP contribution in [0.2, 0.25) is 0 Å². The van der Waals surface area contributed by atoms with Crippen molar-refractivity contribution in [3.63, 3.8) is 0 Å². The highest BCUT2D eigenvalue weighted by molar-refractivity contribution is 6.05. The van der Waals surface area contributed by atoms with Crippen molar-refractivity contribution in [3.8, 4) is 0 Å². The van der Waals surface area contributed by atoms with Gasteiger partial charge in [-0.15, -0.1) is 0 Å². The summed E-state index contributed by atoms with van der Waals surface area (Å²) >= 11 is 0. The van der Waals surface area contributed by atoms with E-state index in [0.29, 0.717) is 17.7 Å². The fraction of sp³-hybridized carbons (Fsp3) is 0.120. The number of nitrogens with one attached hydrogen (secondary N) is 3. The van der Waals surface area contributed by atoms with Crippen molar-refractivity contribution < 1.29 is 9.59 Å². The summed E-state index contributed by atoms with van der Waals surface area (Å²) in [5.74, 6) is -0.356. The maximum absolute atomic E-state index is 12.4. The maximum Gasteiger partial charge on any atom is 0.255 e. The number of aromatic nitrogens is 1. The summed E-state index contributed by atoms with van der Waals surface area (Å²) in [5.41, 5.74) is 5.18. The predicted molar refractivity (Wildman–Crippen MR) is 120 cm³/mol. The number of benzene rings is 3. The molecule has 0 bridgehead atoms. The van der Waals surface area contributed by atoms with Gasteiger partial charge in [-0.25, -0.2) is 0 Å². The summed E-state index contributed by atoms with van der Waals surface area (Å²) < 4.78 is 0. The third-order valence-corrected chi connectivity index (χ3v) is 5.07. The third-order valence-electron chi connectivity index (χ3n) is 5.07. The lowest BCUT2D eigenvalue weighted by Gasteiger charge is -2.08. The number of hydrogen-bond donors (Lipinski definition) is 3. The molecule has 0 spiro atoms. The minimum atomic E-state index is -0.204. The zero-order valence-electron chi connectivity index (χ0n) is 16.7. The van der Waals surface area contributed by atoms with Gasteiger partial charge in [-0.05, 0) is 61.4 Å². The summed E-state index contributed by atoms with van der Waals surface area (Å²) in [4.78, 5) is 28.0. The fourth-order valence-corrected chi connectivity index (χ4v) is 3.36. The SMILES string of the molecule is Cc1ccc(NC(=O)c2ccc(C(=O)NCCc3c[nH]c4ccccc34)cc2)cc1. The first kappa shape index (κ1) is 19.5. The van der Waals surface area contributed by atoms with Crippen LogP contribution in [0.4, 0.5) is 5.69 Å². The highest BCUT2D eigenvalue weighted by atomic mass is 16.2. The Bertz CT molecular complexity index is 1180. The molecule has 1 aromatic heterocycles. The van der Waals surface area contributed by atoms with Crippen molar-refractivity contribution >= 4 is 28.4 Å². The zero-order chi connectivity index (χ0) is 20.9. The standard InChI is InChI=1S/C25H23N3O2/c1-17-6-12-21(13-7-17)28-25(30)19-10-8-18(9-11-19)24(29)26-15-14-20-16-27-23-5-3-2-4-22(20)23/h2-13,16,27H,14-15H2,1H3,(H,26,29)(H,28,30). The summed E-state index contributed by atoms with van der Waals surface area (Å²) in [7, 11) is 0. The molecular formula is C25H23N3O2. The van der Waals surface area contributed by atoms with E-state index in [9.17, 15) is 9.59 Å². The van der Waals surface area contributed by atoms with Crippen molar-refractivity contribution in [2.45, 2.75) is 13.3 Å². The number of aryl methyl sites for hydroxylation is 1. The largest absolute Gasteiger partial charge is 0.361 e. The molecule has 0 saturated heterocycles. The van der Waals surface area contributed by atoms with Crippen LogP contribution in [0.25, 0.3) is 10.9 Å². The Kier molecular flexibility index (Phi) is 5.61. The van der Waals surface area contributed by atoms with Crippen LogP contribution in [0.3, 0.4) is 0 Å². The molecule has 0 aliphatic carbocycles. The molecule has 3 aromatic carbocycles. The van der Waals surface area contributed by atoms with Gasteiger partial charge in [0.15, 0.2) is 0 Å². The molecule has 1 heterocycles. The number of aromatic amines is 1. The third kappa shape index (κ3) is 4.41. The Hall–Kier alpha value is -3.86. The van der Waals surface area contributed by atoms with E-state index in [4.69, 9.17) is 0 Å². The first-order chi connectivity index (χ1) is 14.6. The first-order valence-electron chi connectivity index (χ1n) is 9.91. The molecule has 0 aliphatic heterocycles. The van der Waals surface area contributed by atoms with Crippen molar-refractivity contribution in [3.05, 3.63) is 101 Å². The van der Waals surface area contributed by atoms with Crippen LogP contribution < -0.4 is 10.6 Å². The molecule has 0 fully saturated rings. The minimum absolute atomic E-state index is 0.152. The van der Waals surface area contributed by atoms with Crippen molar-refractivity contribution in [2.75, 3.05) is 11.9 Å². The molecule has 0 saturated carbocycles. The van der Waals surface area contributed by atoms with E-state index in [-0.39, 0.29) is 11.8 Å². The maximum atomic E-state index is 12.4. The summed E-state index contributed by atoms with van der Waals surface area (Å²) in [6, 6.07) is 22.4. The number of rotatable bonds is 6. The Morgan fingerprint density at radius 3 is 2.23 bits per heavy atom. The number of para-hydroxylation sites is 1. The van der Waals surface area contributed by atoms with Crippen LogP contribution in [0, 0.1) is 6.92 Å². The van der Waals surface area contributed by atoms with E-state index >= 15 is 0 Å². The van der Waals surface area contributed by atoms with E-state index in [2.05, 4.69) is 21.7 Å². The quantitative estimate of drug-likeness (QED) is 0.441. The molecule has 150 valence electrons. The Morgan fingerprint density at radius 2 is 1.50 bits per heavy atom. The monoisotopic (exact) mass is 397 g/mol. The molecule has 0 atom stereocenters. The molecule has 4 rings (SSSR count). The van der Waals surface area contributed by atoms with Crippen molar-refractivity contribution in [1.29, 1.82) is 0 Å². The molecule has 4 aromatic rings. The van der Waals surface area contributed by atoms with E-state index < -0.39 is 0 Å². The lowest BCUT2D eigenvalue weighted by molar-refractivity contribution is 0.0952. The van der Waals surface area contributed by atoms with Gasteiger partial charge in [0.05, 0.1) is 0 Å². The Labute approximate surface area is 175 Å². The minimum Gasteiger partial charge on any atom is -0.361 e. The van der Waals surface area contributed by atoms with Gasteiger partial charge >= 0.3 is 0 Å². The van der Waals surface area contributed by atoms with Crippen LogP contribution in [-0.2, 0) is 6.42 Å². The Balaban J connectivity index is 1.32. The average molecular weight is 397 g/mol. The van der Waals surface area contributed by atoms with Crippen molar-refractivity contribution in [1.82, 2.24) is 10.3 Å². The van der Waals surface area contributed by atoms with Crippen LogP contribution >= 0.6 is 0 Å². The second-order valence-electron chi connectivity index (χ2n) is 7.26. The highest BCUT2D eigenvalue weighted by Gasteiger charge is 2.10. The predicted octanol–water partition coefficient (Wildman–Crippen LogP) is 4.70. The molecular weight excluding hydrogens is 374 g/mol. The number of H-pyrrole nitrogens is 1. The smallest absolute Gasteiger partial charge is 0.255 e. The number of anilines is 1. The molecule has 0 aliphatic rings. The first-order valence-corrected chi connectivity index (χ1v) is 9.91. The van der Waals surface area contributed by atoms with Crippen LogP contribution in [0.5, 0.6) is 0 Å². The number of fused-ring (bicyclic) bond motifs is 1. The molecule has 0 radical (unpaired) electrons. The van der Waals surface area contributed by atoms with E-state index in [1.165, 1.54) is 10.9 Å². The normalized spacial score (nSPS) is 10.7. The van der Waals surface area contributed by atoms with Gasteiger partial charge in [0.25, 0.3) is 11.8 Å². The second kappa shape index (κ2) is 8.66. The van der Waals surface area contributed by atoms with Gasteiger partial charge in [-0.1, -0.05) is 35.9 Å². The van der Waals surface area contributed by atoms with Gasteiger partial charge in [-0.3, -0.25) is 9.59 Å². The van der Waals surface area contributed by atoms with E-state index in [1.807, 2.05) is 55.6 Å². The van der Waals surface area contributed by atoms with Gasteiger partial charge < -0.3 is 15.6 Å². The lowest BCUT2D eigenvalue weighted by Crippen LogP contribution is -2.25. The van der Waals surface area contributed by atoms with E-state index in [0.717, 1.165) is 23.2 Å². The molecule has 3 N–H and O–H groups in total. The topological polar surface area (TPSA) is 74.0 Å². The molecule has 0 unspecified atom stereocenters. The van der Waals surface area contributed by atoms with Gasteiger partial charge in [-0.2, -0.15) is 0 Å². The molecule has 5 nitrogen and oxygen atoms in total. The second-order valence-corrected chi connectivity index (χ2v) is 7.26. The lowest BCUT2D eigenvalue weighted by atomic mass is 10.1. The van der Waals surface area contributed by atoms with Crippen molar-refractivity contribution in [2.24, 2.45) is 0 Å². The Morgan fingerprint density at radius 1 is 0.833 bits per heavy atom. The summed E-state index contributed by atoms with van der Waals surface area (Å²) in [6.45, 7) is 2.53. The average Bonchev–Trinajstić information content (AvgIpc) is 3.18. The number of carbonyl (C=O) groups excluding carboxylic acids is 2. The highest BCUT2D eigenvalue weighted by Crippen LogP contribution is 2.18. The van der Waals surface area contributed by atoms with Gasteiger partial charge in [0.2, 0.25) is 0 Å². The zero-order valence-corrected chi connectivity index (χ0v) is 16.7. The van der Waals surface area contributed by atoms with Crippen LogP contribution in [0.1, 0.15) is 31.8 Å². The number of hydrogen-bond acceptors (Lipinski definition) is 2. The fourth-order valence-electron chi connectivity index (χ4n) is 3.36. The number of carbonyl (C=O) groups is 2. The van der Waals surface area contributed by atoms with Gasteiger partial charge in [0.1, 0.15) is 0 Å².